The third-order valence-corrected chi connectivity index (χ3v) is 3.95. The number of rotatable bonds is 1. The van der Waals surface area contributed by atoms with Crippen molar-refractivity contribution in [2.45, 2.75) is 13.0 Å². The van der Waals surface area contributed by atoms with Crippen molar-refractivity contribution < 1.29 is 0 Å². The smallest absolute Gasteiger partial charge is 0.180 e. The summed E-state index contributed by atoms with van der Waals surface area (Å²) in [7, 11) is 0. The first kappa shape index (κ1) is 12.1. The Hall–Kier alpha value is -2.69. The van der Waals surface area contributed by atoms with Crippen molar-refractivity contribution in [3.63, 3.8) is 0 Å². The van der Waals surface area contributed by atoms with E-state index in [0.29, 0.717) is 5.65 Å². The number of nitrogens with zero attached hydrogens (tertiary/aromatic N) is 4. The molecule has 0 bridgehead atoms. The highest BCUT2D eigenvalue weighted by molar-refractivity contribution is 5.72. The van der Waals surface area contributed by atoms with Crippen LogP contribution in [0.3, 0.4) is 0 Å². The van der Waals surface area contributed by atoms with Crippen LogP contribution < -0.4 is 10.6 Å². The Kier molecular flexibility index (Phi) is 2.70. The number of nitrogens with two attached hydrogens (primary N) is 1. The summed E-state index contributed by atoms with van der Waals surface area (Å²) in [6.45, 7) is 1.73. The van der Waals surface area contributed by atoms with E-state index in [0.717, 1.165) is 36.5 Å². The highest BCUT2D eigenvalue weighted by Crippen LogP contribution is 2.27. The zero-order valence-electron chi connectivity index (χ0n) is 11.5. The Morgan fingerprint density at radius 2 is 1.95 bits per heavy atom. The number of hydrogen-bond acceptors (Lipinski definition) is 5. The van der Waals surface area contributed by atoms with Crippen LogP contribution in [0.15, 0.2) is 42.7 Å². The number of benzene rings is 1. The zero-order valence-corrected chi connectivity index (χ0v) is 11.5. The van der Waals surface area contributed by atoms with E-state index in [-0.39, 0.29) is 0 Å². The van der Waals surface area contributed by atoms with E-state index in [1.165, 1.54) is 11.1 Å². The summed E-state index contributed by atoms with van der Waals surface area (Å²) in [5.74, 6) is 0.928. The van der Waals surface area contributed by atoms with Gasteiger partial charge in [0.2, 0.25) is 0 Å². The van der Waals surface area contributed by atoms with Crippen molar-refractivity contribution in [3.05, 3.63) is 53.9 Å². The first-order valence-electron chi connectivity index (χ1n) is 7.00. The van der Waals surface area contributed by atoms with Crippen LogP contribution in [0.2, 0.25) is 0 Å². The summed E-state index contributed by atoms with van der Waals surface area (Å²) in [6, 6.07) is 10.1. The van der Waals surface area contributed by atoms with Gasteiger partial charge in [-0.05, 0) is 35.7 Å². The first-order valence-corrected chi connectivity index (χ1v) is 7.00. The Bertz CT molecular complexity index is 815. The molecular weight excluding hydrogens is 262 g/mol. The molecule has 0 radical (unpaired) electrons. The predicted octanol–water partition coefficient (Wildman–Crippen LogP) is 2.17. The molecule has 1 aliphatic heterocycles. The van der Waals surface area contributed by atoms with Gasteiger partial charge in [-0.3, -0.25) is 4.98 Å². The summed E-state index contributed by atoms with van der Waals surface area (Å²) in [4.78, 5) is 15.4. The van der Waals surface area contributed by atoms with Gasteiger partial charge in [0.05, 0.1) is 0 Å². The highest BCUT2D eigenvalue weighted by atomic mass is 15.2. The fourth-order valence-electron chi connectivity index (χ4n) is 2.82. The SMILES string of the molecule is Nc1cccc2c1CN(c1ccc3nccnc3n1)CC2. The molecule has 0 aliphatic carbocycles. The van der Waals surface area contributed by atoms with Gasteiger partial charge in [-0.15, -0.1) is 0 Å². The van der Waals surface area contributed by atoms with E-state index in [1.54, 1.807) is 12.4 Å². The van der Waals surface area contributed by atoms with E-state index in [4.69, 9.17) is 5.73 Å². The molecule has 5 nitrogen and oxygen atoms in total. The quantitative estimate of drug-likeness (QED) is 0.690. The molecule has 0 spiro atoms. The first-order chi connectivity index (χ1) is 10.3. The van der Waals surface area contributed by atoms with Gasteiger partial charge in [0.1, 0.15) is 11.3 Å². The van der Waals surface area contributed by atoms with Gasteiger partial charge in [-0.2, -0.15) is 0 Å². The lowest BCUT2D eigenvalue weighted by molar-refractivity contribution is 0.724. The topological polar surface area (TPSA) is 67.9 Å². The zero-order chi connectivity index (χ0) is 14.2. The molecule has 0 unspecified atom stereocenters. The van der Waals surface area contributed by atoms with Crippen LogP contribution in [-0.2, 0) is 13.0 Å². The van der Waals surface area contributed by atoms with E-state index in [1.807, 2.05) is 24.3 Å². The molecule has 3 heterocycles. The second-order valence-electron chi connectivity index (χ2n) is 5.22. The second kappa shape index (κ2) is 4.70. The lowest BCUT2D eigenvalue weighted by atomic mass is 9.98. The van der Waals surface area contributed by atoms with Crippen molar-refractivity contribution in [1.29, 1.82) is 0 Å². The summed E-state index contributed by atoms with van der Waals surface area (Å²) in [5.41, 5.74) is 11.0. The minimum absolute atomic E-state index is 0.682. The van der Waals surface area contributed by atoms with Gasteiger partial charge >= 0.3 is 0 Å². The maximum atomic E-state index is 6.10. The Balaban J connectivity index is 1.72. The Labute approximate surface area is 122 Å². The molecule has 104 valence electrons. The van der Waals surface area contributed by atoms with E-state index >= 15 is 0 Å². The van der Waals surface area contributed by atoms with Crippen molar-refractivity contribution in [2.75, 3.05) is 17.2 Å². The lowest BCUT2D eigenvalue weighted by Crippen LogP contribution is -2.31. The number of nitrogen functional groups attached to an aromatic ring is 1. The third kappa shape index (κ3) is 2.07. The Morgan fingerprint density at radius 1 is 1.05 bits per heavy atom. The third-order valence-electron chi connectivity index (χ3n) is 3.95. The predicted molar refractivity (Wildman–Crippen MR) is 82.9 cm³/mol. The van der Waals surface area contributed by atoms with Gasteiger partial charge in [-0.25, -0.2) is 9.97 Å². The Morgan fingerprint density at radius 3 is 2.90 bits per heavy atom. The van der Waals surface area contributed by atoms with Gasteiger partial charge in [-0.1, -0.05) is 12.1 Å². The molecule has 0 fully saturated rings. The van der Waals surface area contributed by atoms with E-state index in [2.05, 4.69) is 25.9 Å². The average Bonchev–Trinajstić information content (AvgIpc) is 2.54. The molecular formula is C16H15N5. The molecule has 21 heavy (non-hydrogen) atoms. The molecule has 3 aromatic rings. The maximum absolute atomic E-state index is 6.10. The molecule has 0 saturated carbocycles. The molecule has 1 aliphatic rings. The van der Waals surface area contributed by atoms with Crippen LogP contribution in [-0.4, -0.2) is 21.5 Å². The summed E-state index contributed by atoms with van der Waals surface area (Å²) < 4.78 is 0. The van der Waals surface area contributed by atoms with Crippen LogP contribution in [0.5, 0.6) is 0 Å². The van der Waals surface area contributed by atoms with Gasteiger partial charge < -0.3 is 10.6 Å². The maximum Gasteiger partial charge on any atom is 0.180 e. The lowest BCUT2D eigenvalue weighted by Gasteiger charge is -2.30. The van der Waals surface area contributed by atoms with Gasteiger partial charge in [0.25, 0.3) is 0 Å². The van der Waals surface area contributed by atoms with E-state index < -0.39 is 0 Å². The standard InChI is InChI=1S/C16H15N5/c17-13-3-1-2-11-6-9-21(10-12(11)13)15-5-4-14-16(20-15)19-8-7-18-14/h1-5,7-8H,6,9-10,17H2. The second-order valence-corrected chi connectivity index (χ2v) is 5.22. The molecule has 2 N–H and O–H groups in total. The molecule has 0 saturated heterocycles. The largest absolute Gasteiger partial charge is 0.398 e. The highest BCUT2D eigenvalue weighted by Gasteiger charge is 2.19. The summed E-state index contributed by atoms with van der Waals surface area (Å²) in [6.07, 6.45) is 4.34. The van der Waals surface area contributed by atoms with Crippen molar-refractivity contribution in [3.8, 4) is 0 Å². The molecule has 1 aromatic carbocycles. The van der Waals surface area contributed by atoms with Crippen LogP contribution >= 0.6 is 0 Å². The summed E-state index contributed by atoms with van der Waals surface area (Å²) in [5, 5.41) is 0. The number of fused-ring (bicyclic) bond motifs is 2. The van der Waals surface area contributed by atoms with Crippen LogP contribution in [0.4, 0.5) is 11.5 Å². The number of pyridine rings is 1. The van der Waals surface area contributed by atoms with Gasteiger partial charge in [0.15, 0.2) is 5.65 Å². The minimum Gasteiger partial charge on any atom is -0.398 e. The molecule has 4 rings (SSSR count). The minimum atomic E-state index is 0.682. The number of anilines is 2. The molecule has 5 heteroatoms. The van der Waals surface area contributed by atoms with Gasteiger partial charge in [0, 0.05) is 31.2 Å². The number of hydrogen-bond donors (Lipinski definition) is 1. The fraction of sp³-hybridized carbons (Fsp3) is 0.188. The van der Waals surface area contributed by atoms with Crippen LogP contribution in [0.25, 0.3) is 11.2 Å². The summed E-state index contributed by atoms with van der Waals surface area (Å²) >= 11 is 0. The van der Waals surface area contributed by atoms with Crippen molar-refractivity contribution >= 4 is 22.7 Å². The van der Waals surface area contributed by atoms with Crippen molar-refractivity contribution in [2.24, 2.45) is 0 Å². The van der Waals surface area contributed by atoms with Crippen molar-refractivity contribution in [1.82, 2.24) is 15.0 Å². The fourth-order valence-corrected chi connectivity index (χ4v) is 2.82. The molecule has 0 amide bonds. The van der Waals surface area contributed by atoms with E-state index in [9.17, 15) is 0 Å². The molecule has 2 aromatic heterocycles. The van der Waals surface area contributed by atoms with Crippen LogP contribution in [0.1, 0.15) is 11.1 Å². The monoisotopic (exact) mass is 277 g/mol. The average molecular weight is 277 g/mol. The normalized spacial score (nSPS) is 14.2. The van der Waals surface area contributed by atoms with Crippen LogP contribution in [0, 0.1) is 0 Å². The number of aromatic nitrogens is 3. The molecule has 0 atom stereocenters.